The largest absolute Gasteiger partial charge is 0.643 e. The summed E-state index contributed by atoms with van der Waals surface area (Å²) in [6.07, 6.45) is 16.3. The molecule has 4 aliphatic rings. The number of furan rings is 1. The van der Waals surface area contributed by atoms with Crippen LogP contribution >= 0.6 is 30.1 Å². The van der Waals surface area contributed by atoms with Gasteiger partial charge >= 0.3 is 11.4 Å². The van der Waals surface area contributed by atoms with E-state index in [2.05, 4.69) is 11.0 Å². The third-order valence-corrected chi connectivity index (χ3v) is 4.80. The third kappa shape index (κ3) is 14.7. The number of carbonyl (C=O) groups is 3. The van der Waals surface area contributed by atoms with Gasteiger partial charge in [0, 0.05) is 33.7 Å². The van der Waals surface area contributed by atoms with E-state index in [9.17, 15) is 9.59 Å². The van der Waals surface area contributed by atoms with Crippen LogP contribution in [0.3, 0.4) is 0 Å². The van der Waals surface area contributed by atoms with Gasteiger partial charge in [0.1, 0.15) is 18.9 Å². The van der Waals surface area contributed by atoms with E-state index in [1.54, 1.807) is 12.5 Å². The van der Waals surface area contributed by atoms with Gasteiger partial charge in [-0.05, 0) is 43.9 Å². The summed E-state index contributed by atoms with van der Waals surface area (Å²) in [5.74, 6) is 0.365. The first-order valence-electron chi connectivity index (χ1n) is 9.80. The molecule has 3 fully saturated rings. The van der Waals surface area contributed by atoms with Crippen LogP contribution in [0.1, 0.15) is 27.1 Å². The molecule has 3 saturated heterocycles. The normalized spacial score (nSPS) is 28.2. The number of halogens is 3. The molecule has 4 aliphatic heterocycles. The first-order chi connectivity index (χ1) is 14.9. The van der Waals surface area contributed by atoms with Crippen LogP contribution in [0.4, 0.5) is 0 Å². The van der Waals surface area contributed by atoms with Crippen molar-refractivity contribution in [2.75, 3.05) is 0 Å². The molecule has 4 bridgehead atoms. The molecule has 1 aromatic heterocycles. The van der Waals surface area contributed by atoms with Gasteiger partial charge in [0.05, 0.1) is 36.9 Å². The smallest absolute Gasteiger partial charge is 0.473 e. The summed E-state index contributed by atoms with van der Waals surface area (Å²) in [4.78, 5) is 29.7. The van der Waals surface area contributed by atoms with Crippen LogP contribution in [0.15, 0.2) is 53.9 Å². The summed E-state index contributed by atoms with van der Waals surface area (Å²) in [6.45, 7) is 3.11. The quantitative estimate of drug-likeness (QED) is 0.148. The summed E-state index contributed by atoms with van der Waals surface area (Å²) in [5.41, 5.74) is 0. The molecule has 0 aliphatic carbocycles. The number of hydrogen-bond acceptors (Lipinski definition) is 6. The van der Waals surface area contributed by atoms with Gasteiger partial charge in [0.2, 0.25) is 0 Å². The number of aldehydes is 3. The summed E-state index contributed by atoms with van der Waals surface area (Å²) < 4.78 is 15.4. The Balaban J connectivity index is -0.000000363. The molecule has 6 nitrogen and oxygen atoms in total. The number of fused-ring (bicyclic) bond motifs is 4. The van der Waals surface area contributed by atoms with E-state index in [4.69, 9.17) is 44.4 Å². The molecule has 0 aromatic carbocycles. The summed E-state index contributed by atoms with van der Waals surface area (Å²) >= 11 is -1.72. The van der Waals surface area contributed by atoms with Gasteiger partial charge in [-0.2, -0.15) is 0 Å². The van der Waals surface area contributed by atoms with E-state index >= 15 is 0 Å². The molecule has 5 rings (SSSR count). The second-order valence-electron chi connectivity index (χ2n) is 6.88. The van der Waals surface area contributed by atoms with Crippen LogP contribution in [-0.2, 0) is 44.3 Å². The summed E-state index contributed by atoms with van der Waals surface area (Å²) in [6, 6.07) is 3.67. The van der Waals surface area contributed by atoms with Gasteiger partial charge in [-0.3, -0.25) is 4.79 Å². The number of hydrogen-bond donors (Lipinski definition) is 0. The minimum atomic E-state index is -1.72. The van der Waals surface area contributed by atoms with Crippen molar-refractivity contribution in [3.05, 3.63) is 56.9 Å². The molecular formula is C22H31AlCl3O6Pd-. The fourth-order valence-corrected chi connectivity index (χ4v) is 3.49. The molecule has 6 atom stereocenters. The zero-order valence-electron chi connectivity index (χ0n) is 18.3. The van der Waals surface area contributed by atoms with E-state index in [0.29, 0.717) is 12.4 Å². The Labute approximate surface area is 228 Å². The average Bonchev–Trinajstić information content (AvgIpc) is 3.61. The first-order valence-corrected chi connectivity index (χ1v) is 15.0. The Morgan fingerprint density at radius 3 is 1.73 bits per heavy atom. The van der Waals surface area contributed by atoms with Crippen molar-refractivity contribution in [2.24, 2.45) is 11.8 Å². The van der Waals surface area contributed by atoms with E-state index < -0.39 is 11.4 Å². The topological polar surface area (TPSA) is 82.8 Å². The fraction of sp³-hybridized carbons (Fsp3) is 0.455. The first kappa shape index (κ1) is 34.9. The predicted octanol–water partition coefficient (Wildman–Crippen LogP) is 5.31. The Bertz CT molecular complexity index is 658. The maximum Gasteiger partial charge on any atom is 0.643 e. The molecule has 5 heterocycles. The zero-order chi connectivity index (χ0) is 23.1. The van der Waals surface area contributed by atoms with E-state index in [1.165, 1.54) is 12.5 Å². The maximum absolute atomic E-state index is 10.3. The minimum absolute atomic E-state index is 0. The van der Waals surface area contributed by atoms with Crippen LogP contribution in [0.2, 0.25) is 0 Å². The Morgan fingerprint density at radius 1 is 0.939 bits per heavy atom. The van der Waals surface area contributed by atoms with Crippen molar-refractivity contribution < 1.29 is 50.1 Å². The molecule has 0 amide bonds. The third-order valence-electron chi connectivity index (χ3n) is 4.80. The van der Waals surface area contributed by atoms with Crippen LogP contribution in [0.25, 0.3) is 0 Å². The van der Waals surface area contributed by atoms with E-state index in [1.807, 2.05) is 24.3 Å². The maximum atomic E-state index is 10.3. The number of rotatable bonds is 3. The van der Waals surface area contributed by atoms with Crippen LogP contribution in [-0.4, -0.2) is 54.7 Å². The second-order valence-corrected chi connectivity index (χ2v) is 13.3. The number of carbonyl (C=O) groups excluding carboxylic acids is 3. The van der Waals surface area contributed by atoms with Crippen molar-refractivity contribution in [3.63, 3.8) is 0 Å². The standard InChI is InChI=1S/C7H10O2.C7H8O2.C4H4O.C3H4O.CH3.Al.3ClH.Pd.H2/c2*8-4-5-3-6-1-2-7(5)9-6;1-2-4-5-3-1;1-2-3-4;;;;;;;/h4-7H,1-3H2;1-2,4-7H,3H2;1-4H;2-3H,1H2;1H3;;3*1H;;1H/q;;;;-1;+3;;;;;/p-3. The van der Waals surface area contributed by atoms with Gasteiger partial charge in [0.25, 0.3) is 0 Å². The Kier molecular flexibility index (Phi) is 22.3. The number of allylic oxidation sites excluding steroid dienone is 1. The van der Waals surface area contributed by atoms with E-state index in [0.717, 1.165) is 31.8 Å². The SMILES string of the molecule is C=CC=O.O=CC1CC2C=CC1O2.O=CC1CC2CCC1O2.[CH3-].[Cl][Al]([Cl])[Cl].[HH].[Pd].c1ccoc1. The van der Waals surface area contributed by atoms with Gasteiger partial charge < -0.3 is 30.9 Å². The molecule has 190 valence electrons. The van der Waals surface area contributed by atoms with Gasteiger partial charge in [-0.25, -0.2) is 30.1 Å². The molecule has 6 unspecified atom stereocenters. The molecular weight excluding hydrogens is 600 g/mol. The van der Waals surface area contributed by atoms with Crippen molar-refractivity contribution >= 4 is 60.4 Å². The Morgan fingerprint density at radius 2 is 1.52 bits per heavy atom. The van der Waals surface area contributed by atoms with Crippen molar-refractivity contribution in [3.8, 4) is 0 Å². The zero-order valence-corrected chi connectivity index (χ0v) is 23.2. The Hall–Kier alpha value is -0.245. The minimum Gasteiger partial charge on any atom is -0.473 e. The van der Waals surface area contributed by atoms with E-state index in [-0.39, 0.29) is 59.4 Å². The van der Waals surface area contributed by atoms with Crippen LogP contribution in [0, 0.1) is 19.3 Å². The summed E-state index contributed by atoms with van der Waals surface area (Å²) in [5, 5.41) is 0. The van der Waals surface area contributed by atoms with Crippen molar-refractivity contribution in [2.45, 2.75) is 50.1 Å². The summed E-state index contributed by atoms with van der Waals surface area (Å²) in [7, 11) is 14.8. The molecule has 11 heteroatoms. The van der Waals surface area contributed by atoms with Gasteiger partial charge in [0.15, 0.2) is 0 Å². The number of ether oxygens (including phenoxy) is 2. The monoisotopic (exact) mass is 629 g/mol. The van der Waals surface area contributed by atoms with Crippen molar-refractivity contribution in [1.29, 1.82) is 0 Å². The van der Waals surface area contributed by atoms with Gasteiger partial charge in [-0.1, -0.05) is 18.7 Å². The van der Waals surface area contributed by atoms with Crippen molar-refractivity contribution in [1.82, 2.24) is 0 Å². The second kappa shape index (κ2) is 21.1. The molecule has 0 saturated carbocycles. The molecule has 0 N–H and O–H groups in total. The molecule has 33 heavy (non-hydrogen) atoms. The molecule has 0 spiro atoms. The molecule has 1 aromatic rings. The predicted molar refractivity (Wildman–Crippen MR) is 131 cm³/mol. The average molecular weight is 631 g/mol. The molecule has 0 radical (unpaired) electrons. The van der Waals surface area contributed by atoms with Gasteiger partial charge in [-0.15, -0.1) is 0 Å². The fourth-order valence-electron chi connectivity index (χ4n) is 3.49. The van der Waals surface area contributed by atoms with Crippen LogP contribution in [0.5, 0.6) is 0 Å². The van der Waals surface area contributed by atoms with Crippen LogP contribution < -0.4 is 0 Å².